The Labute approximate surface area is 431 Å². The Balaban J connectivity index is 1.03. The van der Waals surface area contributed by atoms with Gasteiger partial charge in [0.25, 0.3) is 0 Å². The molecule has 1 N–H and O–H groups in total. The van der Waals surface area contributed by atoms with Gasteiger partial charge in [0.1, 0.15) is 65.9 Å². The van der Waals surface area contributed by atoms with E-state index in [1.807, 2.05) is 43.3 Å². The minimum atomic E-state index is -1.46. The van der Waals surface area contributed by atoms with Crippen LogP contribution in [0.1, 0.15) is 16.8 Å². The fraction of sp³-hybridized carbons (Fsp3) is 0.352. The third-order valence-corrected chi connectivity index (χ3v) is 14.1. The van der Waals surface area contributed by atoms with Crippen molar-refractivity contribution in [1.82, 2.24) is 29.7 Å². The largest absolute Gasteiger partial charge is 0.490 e. The van der Waals surface area contributed by atoms with Crippen molar-refractivity contribution in [2.45, 2.75) is 32.2 Å². The summed E-state index contributed by atoms with van der Waals surface area (Å²) >= 11 is 8.61. The van der Waals surface area contributed by atoms with E-state index in [1.54, 1.807) is 49.7 Å². The van der Waals surface area contributed by atoms with Gasteiger partial charge in [-0.25, -0.2) is 29.1 Å². The smallest absolute Gasteiger partial charge is 0.345 e. The number of rotatable bonds is 18. The Bertz CT molecular complexity index is 3000. The monoisotopic (exact) mass is 1030 g/mol. The van der Waals surface area contributed by atoms with Crippen LogP contribution in [0.2, 0.25) is 5.02 Å². The van der Waals surface area contributed by atoms with Crippen LogP contribution in [0.5, 0.6) is 28.9 Å². The number of likely N-dealkylation sites (N-methyl/N-ethyl adjacent to an activating group) is 1. The summed E-state index contributed by atoms with van der Waals surface area (Å²) < 4.78 is 62.8. The quantitative estimate of drug-likeness (QED) is 0.0810. The molecule has 3 aliphatic rings. The zero-order valence-corrected chi connectivity index (χ0v) is 42.3. The molecule has 19 heteroatoms. The lowest BCUT2D eigenvalue weighted by molar-refractivity contribution is -0.145. The van der Waals surface area contributed by atoms with Crippen LogP contribution < -0.4 is 23.7 Å². The van der Waals surface area contributed by atoms with Gasteiger partial charge in [0.15, 0.2) is 5.82 Å². The van der Waals surface area contributed by atoms with Crippen LogP contribution in [-0.2, 0) is 32.0 Å². The number of hydrogen-bond donors (Lipinski definition) is 1. The molecule has 0 spiro atoms. The molecule has 7 aromatic rings. The SMILES string of the molecule is COCCOCCOCCOc1ccccc1-c1nccc(COc2ccc3cc2C[C@H](C(=O)O)Oc2ncnc4sc(-c5ccc(F)cc5)c(c24)-c2ccc(c(Cl)c2C)O[C@H](CN2CCN(C)CC2)CO3)n1. The van der Waals surface area contributed by atoms with E-state index in [1.165, 1.54) is 29.8 Å². The topological polar surface area (TPSA) is 169 Å². The number of carboxylic acids is 1. The summed E-state index contributed by atoms with van der Waals surface area (Å²) in [6.45, 7) is 8.76. The number of benzene rings is 4. The van der Waals surface area contributed by atoms with E-state index in [9.17, 15) is 14.3 Å². The van der Waals surface area contributed by atoms with Gasteiger partial charge in [-0.05, 0) is 85.3 Å². The molecule has 73 heavy (non-hydrogen) atoms. The van der Waals surface area contributed by atoms with Gasteiger partial charge in [0.2, 0.25) is 12.0 Å². The third kappa shape index (κ3) is 12.8. The fourth-order valence-electron chi connectivity index (χ4n) is 8.56. The molecular weight excluding hydrogens is 979 g/mol. The second-order valence-corrected chi connectivity index (χ2v) is 18.9. The highest BCUT2D eigenvalue weighted by Crippen LogP contribution is 2.50. The summed E-state index contributed by atoms with van der Waals surface area (Å²) in [4.78, 5) is 37.8. The second-order valence-electron chi connectivity index (χ2n) is 17.5. The van der Waals surface area contributed by atoms with E-state index >= 15 is 0 Å². The van der Waals surface area contributed by atoms with E-state index in [-0.39, 0.29) is 31.3 Å². The van der Waals surface area contributed by atoms with E-state index < -0.39 is 18.2 Å². The van der Waals surface area contributed by atoms with E-state index in [2.05, 4.69) is 31.8 Å². The first-order chi connectivity index (χ1) is 35.6. The summed E-state index contributed by atoms with van der Waals surface area (Å²) in [5.41, 5.74) is 4.55. The molecule has 2 atom stereocenters. The maximum absolute atomic E-state index is 14.3. The lowest BCUT2D eigenvalue weighted by atomic mass is 9.96. The van der Waals surface area contributed by atoms with Gasteiger partial charge in [-0.1, -0.05) is 41.9 Å². The minimum Gasteiger partial charge on any atom is -0.490 e. The lowest BCUT2D eigenvalue weighted by Gasteiger charge is -2.34. The van der Waals surface area contributed by atoms with E-state index in [0.29, 0.717) is 118 Å². The minimum absolute atomic E-state index is 0.0138. The number of nitrogens with zero attached hydrogens (tertiary/aromatic N) is 6. The van der Waals surface area contributed by atoms with Crippen molar-refractivity contribution in [2.24, 2.45) is 0 Å². The molecule has 4 aromatic carbocycles. The van der Waals surface area contributed by atoms with Crippen LogP contribution in [0.25, 0.3) is 43.2 Å². The number of aliphatic carboxylic acids is 1. The van der Waals surface area contributed by atoms with Crippen LogP contribution in [0.3, 0.4) is 0 Å². The molecule has 1 fully saturated rings. The molecule has 1 saturated heterocycles. The number of para-hydroxylation sites is 1. The summed E-state index contributed by atoms with van der Waals surface area (Å²) in [6.07, 6.45) is 0.922. The normalized spacial score (nSPS) is 16.3. The fourth-order valence-corrected chi connectivity index (χ4v) is 9.92. The maximum Gasteiger partial charge on any atom is 0.345 e. The van der Waals surface area contributed by atoms with Crippen LogP contribution >= 0.6 is 22.9 Å². The molecular formula is C54H56ClFN6O10S. The predicted molar refractivity (Wildman–Crippen MR) is 275 cm³/mol. The zero-order chi connectivity index (χ0) is 50.7. The van der Waals surface area contributed by atoms with Crippen molar-refractivity contribution >= 4 is 39.1 Å². The van der Waals surface area contributed by atoms with Crippen molar-refractivity contribution < 1.29 is 52.2 Å². The number of thiophene rings is 1. The molecule has 0 unspecified atom stereocenters. The van der Waals surface area contributed by atoms with Gasteiger partial charge in [-0.15, -0.1) is 11.3 Å². The Morgan fingerprint density at radius 1 is 0.863 bits per heavy atom. The Morgan fingerprint density at radius 3 is 2.44 bits per heavy atom. The zero-order valence-electron chi connectivity index (χ0n) is 40.8. The number of aromatic nitrogens is 4. The lowest BCUT2D eigenvalue weighted by Crippen LogP contribution is -2.49. The number of hydrogen-bond acceptors (Lipinski definition) is 16. The molecule has 0 amide bonds. The van der Waals surface area contributed by atoms with Crippen LogP contribution in [-0.4, -0.2) is 146 Å². The van der Waals surface area contributed by atoms with Crippen molar-refractivity contribution in [3.8, 4) is 61.8 Å². The molecule has 0 aliphatic carbocycles. The van der Waals surface area contributed by atoms with Gasteiger partial charge in [-0.3, -0.25) is 4.90 Å². The molecule has 16 nitrogen and oxygen atoms in total. The van der Waals surface area contributed by atoms with Crippen LogP contribution in [0.15, 0.2) is 97.5 Å². The molecule has 4 bridgehead atoms. The Kier molecular flexibility index (Phi) is 17.2. The Hall–Kier alpha value is -6.51. The summed E-state index contributed by atoms with van der Waals surface area (Å²) in [5.74, 6) is 0.789. The average molecular weight is 1040 g/mol. The van der Waals surface area contributed by atoms with Gasteiger partial charge >= 0.3 is 5.97 Å². The second kappa shape index (κ2) is 24.5. The number of methoxy groups -OCH3 is 1. The highest BCUT2D eigenvalue weighted by molar-refractivity contribution is 7.22. The molecule has 0 radical (unpaired) electrons. The van der Waals surface area contributed by atoms with Crippen LogP contribution in [0, 0.1) is 12.7 Å². The standard InChI is InChI=1S/C54H56ClFN6O10S/c1-34-41-13-15-45(49(34)55)71-40(30-62-20-18-61(2)19-21-62)32-69-39-12-14-43(70-31-38-16-17-57-51(60-38)42-6-4-5-7-44(42)68-27-26-67-25-24-66-23-22-65-3)36(28-39)29-46(54(63)64)72-52-48-47(41)50(73-53(48)59-33-58-52)35-8-10-37(56)11-9-35/h4-17,28,33,40,46H,18-27,29-32H2,1-3H3,(H,63,64)/t40-,46-/m1/s1. The number of fused-ring (bicyclic) bond motifs is 7. The van der Waals surface area contributed by atoms with Gasteiger partial charge in [0, 0.05) is 68.5 Å². The highest BCUT2D eigenvalue weighted by Gasteiger charge is 2.30. The first kappa shape index (κ1) is 51.4. The Morgan fingerprint density at radius 2 is 1.64 bits per heavy atom. The van der Waals surface area contributed by atoms with Gasteiger partial charge in [-0.2, -0.15) is 0 Å². The molecule has 3 aromatic heterocycles. The summed E-state index contributed by atoms with van der Waals surface area (Å²) in [7, 11) is 3.74. The van der Waals surface area contributed by atoms with Gasteiger partial charge in [0.05, 0.1) is 54.7 Å². The number of carboxylic acid groups (broad SMARTS) is 1. The van der Waals surface area contributed by atoms with E-state index in [4.69, 9.17) is 54.5 Å². The number of carbonyl (C=O) groups is 1. The molecule has 382 valence electrons. The molecule has 0 saturated carbocycles. The predicted octanol–water partition coefficient (Wildman–Crippen LogP) is 8.68. The third-order valence-electron chi connectivity index (χ3n) is 12.4. The first-order valence-electron chi connectivity index (χ1n) is 24.0. The van der Waals surface area contributed by atoms with Crippen molar-refractivity contribution in [1.29, 1.82) is 0 Å². The first-order valence-corrected chi connectivity index (χ1v) is 25.2. The molecule has 6 heterocycles. The number of ether oxygens (including phenoxy) is 8. The van der Waals surface area contributed by atoms with Crippen molar-refractivity contribution in [3.63, 3.8) is 0 Å². The average Bonchev–Trinajstić information content (AvgIpc) is 3.79. The van der Waals surface area contributed by atoms with Crippen molar-refractivity contribution in [2.75, 3.05) is 93.1 Å². The summed E-state index contributed by atoms with van der Waals surface area (Å²) in [6, 6.07) is 24.5. The van der Waals surface area contributed by atoms with Crippen molar-refractivity contribution in [3.05, 3.63) is 125 Å². The molecule has 3 aliphatic heterocycles. The molecule has 10 rings (SSSR count). The van der Waals surface area contributed by atoms with Crippen LogP contribution in [0.4, 0.5) is 4.39 Å². The van der Waals surface area contributed by atoms with Gasteiger partial charge < -0.3 is 47.9 Å². The highest BCUT2D eigenvalue weighted by atomic mass is 35.5. The summed E-state index contributed by atoms with van der Waals surface area (Å²) in [5, 5.41) is 11.8. The maximum atomic E-state index is 14.3. The number of piperazine rings is 1. The van der Waals surface area contributed by atoms with E-state index in [0.717, 1.165) is 42.2 Å². The number of halogens is 2.